The molecule has 0 fully saturated rings. The van der Waals surface area contributed by atoms with Crippen molar-refractivity contribution >= 4 is 17.4 Å². The minimum Gasteiger partial charge on any atom is -0.297 e. The van der Waals surface area contributed by atoms with Crippen LogP contribution in [-0.4, -0.2) is 6.03 Å². The van der Waals surface area contributed by atoms with Crippen molar-refractivity contribution in [1.29, 1.82) is 0 Å². The summed E-state index contributed by atoms with van der Waals surface area (Å²) in [5.41, 5.74) is 17.3. The number of hydrazine groups is 2. The molecule has 4 N–H and O–H groups in total. The summed E-state index contributed by atoms with van der Waals surface area (Å²) in [5.74, 6) is 0. The number of benzene rings is 2. The van der Waals surface area contributed by atoms with Crippen molar-refractivity contribution in [3.63, 3.8) is 0 Å². The third-order valence-corrected chi connectivity index (χ3v) is 3.83. The van der Waals surface area contributed by atoms with Crippen molar-refractivity contribution < 1.29 is 4.79 Å². The first-order valence-electron chi connectivity index (χ1n) is 7.19. The molecule has 22 heavy (non-hydrogen) atoms. The Bertz CT molecular complexity index is 625. The van der Waals surface area contributed by atoms with Crippen LogP contribution in [0.2, 0.25) is 0 Å². The van der Waals surface area contributed by atoms with Crippen LogP contribution in [-0.2, 0) is 0 Å². The van der Waals surface area contributed by atoms with Gasteiger partial charge in [-0.1, -0.05) is 24.3 Å². The molecular weight excluding hydrogens is 276 g/mol. The molecule has 0 saturated carbocycles. The van der Waals surface area contributed by atoms with Crippen molar-refractivity contribution in [3.05, 3.63) is 58.7 Å². The molecule has 2 rings (SSSR count). The zero-order valence-electron chi connectivity index (χ0n) is 13.4. The predicted molar refractivity (Wildman–Crippen MR) is 90.7 cm³/mol. The zero-order valence-corrected chi connectivity index (χ0v) is 13.4. The van der Waals surface area contributed by atoms with Crippen LogP contribution in [0.3, 0.4) is 0 Å². The van der Waals surface area contributed by atoms with E-state index in [4.69, 9.17) is 0 Å². The van der Waals surface area contributed by atoms with Gasteiger partial charge < -0.3 is 0 Å². The number of hydrogen-bond donors (Lipinski definition) is 4. The number of nitrogens with one attached hydrogen (secondary N) is 4. The molecule has 0 radical (unpaired) electrons. The summed E-state index contributed by atoms with van der Waals surface area (Å²) in [6, 6.07) is 11.4. The highest BCUT2D eigenvalue weighted by atomic mass is 16.2. The molecule has 0 aliphatic rings. The van der Waals surface area contributed by atoms with Crippen molar-refractivity contribution in [2.45, 2.75) is 27.7 Å². The van der Waals surface area contributed by atoms with Gasteiger partial charge in [-0.15, -0.1) is 0 Å². The smallest absolute Gasteiger partial charge is 0.297 e. The molecule has 0 aromatic heterocycles. The molecule has 2 aromatic rings. The first-order valence-corrected chi connectivity index (χ1v) is 7.19. The fourth-order valence-corrected chi connectivity index (χ4v) is 2.05. The van der Waals surface area contributed by atoms with Gasteiger partial charge in [-0.2, -0.15) is 0 Å². The highest BCUT2D eigenvalue weighted by molar-refractivity contribution is 5.77. The van der Waals surface area contributed by atoms with E-state index in [9.17, 15) is 4.79 Å². The number of amides is 2. The van der Waals surface area contributed by atoms with Gasteiger partial charge in [-0.05, 0) is 62.1 Å². The van der Waals surface area contributed by atoms with Gasteiger partial charge in [0.05, 0.1) is 11.4 Å². The lowest BCUT2D eigenvalue weighted by atomic mass is 10.1. The first-order chi connectivity index (χ1) is 10.5. The number of hydrogen-bond acceptors (Lipinski definition) is 3. The van der Waals surface area contributed by atoms with E-state index in [0.29, 0.717) is 0 Å². The molecule has 0 unspecified atom stereocenters. The van der Waals surface area contributed by atoms with Crippen LogP contribution in [0.25, 0.3) is 0 Å². The number of carbonyl (C=O) groups is 1. The lowest BCUT2D eigenvalue weighted by Gasteiger charge is -2.15. The third-order valence-electron chi connectivity index (χ3n) is 3.83. The van der Waals surface area contributed by atoms with Crippen LogP contribution in [0.4, 0.5) is 16.2 Å². The maximum absolute atomic E-state index is 11.8. The molecule has 0 aliphatic carbocycles. The number of urea groups is 1. The zero-order chi connectivity index (χ0) is 16.1. The van der Waals surface area contributed by atoms with Gasteiger partial charge in [0.25, 0.3) is 0 Å². The number of carbonyl (C=O) groups excluding carboxylic acids is 1. The summed E-state index contributed by atoms with van der Waals surface area (Å²) in [4.78, 5) is 11.8. The number of aryl methyl sites for hydroxylation is 2. The summed E-state index contributed by atoms with van der Waals surface area (Å²) in [6.07, 6.45) is 0. The summed E-state index contributed by atoms with van der Waals surface area (Å²) in [7, 11) is 0. The molecule has 0 saturated heterocycles. The van der Waals surface area contributed by atoms with E-state index in [1.165, 1.54) is 11.1 Å². The van der Waals surface area contributed by atoms with E-state index >= 15 is 0 Å². The molecule has 5 nitrogen and oxygen atoms in total. The minimum absolute atomic E-state index is 0.359. The van der Waals surface area contributed by atoms with Gasteiger partial charge in [-0.3, -0.25) is 21.7 Å². The molecule has 0 bridgehead atoms. The quantitative estimate of drug-likeness (QED) is 0.652. The molecule has 0 heterocycles. The summed E-state index contributed by atoms with van der Waals surface area (Å²) < 4.78 is 0. The Morgan fingerprint density at radius 2 is 1.14 bits per heavy atom. The minimum atomic E-state index is -0.359. The Hall–Kier alpha value is -2.69. The topological polar surface area (TPSA) is 65.2 Å². The van der Waals surface area contributed by atoms with Crippen LogP contribution >= 0.6 is 0 Å². The second kappa shape index (κ2) is 6.85. The van der Waals surface area contributed by atoms with Crippen LogP contribution in [0.5, 0.6) is 0 Å². The molecule has 2 aromatic carbocycles. The lowest BCUT2D eigenvalue weighted by molar-refractivity contribution is 0.244. The van der Waals surface area contributed by atoms with Gasteiger partial charge in [0.15, 0.2) is 0 Å². The molecular formula is C17H22N4O. The number of anilines is 2. The predicted octanol–water partition coefficient (Wildman–Crippen LogP) is 3.57. The third kappa shape index (κ3) is 3.69. The van der Waals surface area contributed by atoms with E-state index in [1.807, 2.05) is 64.1 Å². The van der Waals surface area contributed by atoms with E-state index in [-0.39, 0.29) is 6.03 Å². The Morgan fingerprint density at radius 3 is 1.55 bits per heavy atom. The molecule has 2 amide bonds. The summed E-state index contributed by atoms with van der Waals surface area (Å²) >= 11 is 0. The van der Waals surface area contributed by atoms with E-state index < -0.39 is 0 Å². The van der Waals surface area contributed by atoms with Crippen molar-refractivity contribution in [3.8, 4) is 0 Å². The summed E-state index contributed by atoms with van der Waals surface area (Å²) in [5, 5.41) is 0. The van der Waals surface area contributed by atoms with Crippen LogP contribution in [0, 0.1) is 27.7 Å². The highest BCUT2D eigenvalue weighted by Gasteiger charge is 2.04. The van der Waals surface area contributed by atoms with E-state index in [2.05, 4.69) is 21.7 Å². The lowest BCUT2D eigenvalue weighted by Crippen LogP contribution is -2.42. The Morgan fingerprint density at radius 1 is 0.727 bits per heavy atom. The van der Waals surface area contributed by atoms with E-state index in [1.54, 1.807) is 0 Å². The van der Waals surface area contributed by atoms with Crippen molar-refractivity contribution in [1.82, 2.24) is 10.9 Å². The van der Waals surface area contributed by atoms with Crippen LogP contribution < -0.4 is 21.7 Å². The van der Waals surface area contributed by atoms with Gasteiger partial charge in [-0.25, -0.2) is 4.79 Å². The van der Waals surface area contributed by atoms with Crippen LogP contribution in [0.1, 0.15) is 22.3 Å². The fourth-order valence-electron chi connectivity index (χ4n) is 2.05. The first kappa shape index (κ1) is 15.7. The SMILES string of the molecule is Cc1cccc(NNC(=O)NNc2cccc(C)c2C)c1C. The summed E-state index contributed by atoms with van der Waals surface area (Å²) in [6.45, 7) is 8.07. The van der Waals surface area contributed by atoms with Crippen LogP contribution in [0.15, 0.2) is 36.4 Å². The van der Waals surface area contributed by atoms with Gasteiger partial charge in [0.2, 0.25) is 0 Å². The van der Waals surface area contributed by atoms with Crippen molar-refractivity contribution in [2.75, 3.05) is 10.9 Å². The molecule has 116 valence electrons. The molecule has 0 atom stereocenters. The molecule has 0 spiro atoms. The highest BCUT2D eigenvalue weighted by Crippen LogP contribution is 2.17. The van der Waals surface area contributed by atoms with Gasteiger partial charge >= 0.3 is 6.03 Å². The standard InChI is InChI=1S/C17H22N4O/c1-11-7-5-9-15(13(11)3)18-20-17(22)21-19-16-10-6-8-12(2)14(16)4/h5-10,18-19H,1-4H3,(H2,20,21,22). The molecule has 0 aliphatic heterocycles. The fraction of sp³-hybridized carbons (Fsp3) is 0.235. The Labute approximate surface area is 131 Å². The second-order valence-electron chi connectivity index (χ2n) is 5.32. The normalized spacial score (nSPS) is 10.0. The van der Waals surface area contributed by atoms with E-state index in [0.717, 1.165) is 22.5 Å². The Balaban J connectivity index is 1.88. The average molecular weight is 298 g/mol. The largest absolute Gasteiger partial charge is 0.352 e. The average Bonchev–Trinajstić information content (AvgIpc) is 2.50. The maximum atomic E-state index is 11.8. The van der Waals surface area contributed by atoms with Gasteiger partial charge in [0.1, 0.15) is 0 Å². The second-order valence-corrected chi connectivity index (χ2v) is 5.32. The number of rotatable bonds is 4. The van der Waals surface area contributed by atoms with Crippen molar-refractivity contribution in [2.24, 2.45) is 0 Å². The maximum Gasteiger partial charge on any atom is 0.352 e. The Kier molecular flexibility index (Phi) is 4.88. The molecule has 5 heteroatoms. The van der Waals surface area contributed by atoms with Gasteiger partial charge in [0, 0.05) is 0 Å². The monoisotopic (exact) mass is 298 g/mol.